The maximum atomic E-state index is 12.8. The number of nitrogens with one attached hydrogen (secondary N) is 1. The maximum absolute atomic E-state index is 12.8. The molecule has 5 heteroatoms. The number of likely N-dealkylation sites (N-methyl/N-ethyl adjacent to an activating group) is 1. The van der Waals surface area contributed by atoms with Gasteiger partial charge in [0.2, 0.25) is 5.91 Å². The molecule has 0 saturated heterocycles. The fraction of sp³-hybridized carbons (Fsp3) is 0.350. The average molecular weight is 339 g/mol. The predicted molar refractivity (Wildman–Crippen MR) is 98.0 cm³/mol. The third-order valence-electron chi connectivity index (χ3n) is 4.02. The van der Waals surface area contributed by atoms with Gasteiger partial charge in [-0.1, -0.05) is 37.6 Å². The molecule has 2 amide bonds. The van der Waals surface area contributed by atoms with Gasteiger partial charge in [-0.3, -0.25) is 14.6 Å². The number of pyridine rings is 1. The van der Waals surface area contributed by atoms with Gasteiger partial charge in [0.05, 0.1) is 0 Å². The van der Waals surface area contributed by atoms with E-state index in [0.717, 1.165) is 11.1 Å². The maximum Gasteiger partial charge on any atom is 0.251 e. The number of carbonyl (C=O) groups excluding carboxylic acids is 2. The molecule has 0 spiro atoms. The highest BCUT2D eigenvalue weighted by Crippen LogP contribution is 2.11. The van der Waals surface area contributed by atoms with Crippen LogP contribution in [-0.2, 0) is 11.3 Å². The van der Waals surface area contributed by atoms with Gasteiger partial charge in [0.15, 0.2) is 0 Å². The summed E-state index contributed by atoms with van der Waals surface area (Å²) in [7, 11) is 1.74. The van der Waals surface area contributed by atoms with Crippen LogP contribution in [0.2, 0.25) is 0 Å². The Hall–Kier alpha value is -2.69. The van der Waals surface area contributed by atoms with Crippen molar-refractivity contribution in [2.24, 2.45) is 5.92 Å². The molecule has 2 aromatic rings. The highest BCUT2D eigenvalue weighted by atomic mass is 16.2. The van der Waals surface area contributed by atoms with Crippen LogP contribution in [0.25, 0.3) is 0 Å². The Morgan fingerprint density at radius 2 is 1.96 bits per heavy atom. The van der Waals surface area contributed by atoms with E-state index in [1.54, 1.807) is 30.4 Å². The van der Waals surface area contributed by atoms with Crippen molar-refractivity contribution in [3.05, 3.63) is 65.5 Å². The van der Waals surface area contributed by atoms with Crippen molar-refractivity contribution in [3.8, 4) is 0 Å². The van der Waals surface area contributed by atoms with E-state index in [1.807, 2.05) is 51.1 Å². The summed E-state index contributed by atoms with van der Waals surface area (Å²) in [6, 6.07) is 10.5. The molecular formula is C20H25N3O2. The lowest BCUT2D eigenvalue weighted by atomic mass is 10.0. The number of aromatic nitrogens is 1. The lowest BCUT2D eigenvalue weighted by Crippen LogP contribution is -2.50. The first-order valence-corrected chi connectivity index (χ1v) is 8.40. The monoisotopic (exact) mass is 339 g/mol. The molecule has 1 N–H and O–H groups in total. The van der Waals surface area contributed by atoms with Crippen LogP contribution in [0, 0.1) is 12.8 Å². The van der Waals surface area contributed by atoms with Crippen LogP contribution < -0.4 is 5.32 Å². The van der Waals surface area contributed by atoms with Crippen molar-refractivity contribution in [3.63, 3.8) is 0 Å². The second kappa shape index (κ2) is 8.42. The predicted octanol–water partition coefficient (Wildman–Crippen LogP) is 2.80. The number of carbonyl (C=O) groups is 2. The van der Waals surface area contributed by atoms with E-state index in [0.29, 0.717) is 12.1 Å². The minimum atomic E-state index is -0.574. The molecule has 25 heavy (non-hydrogen) atoms. The molecule has 1 aromatic heterocycles. The second-order valence-electron chi connectivity index (χ2n) is 6.62. The Bertz CT molecular complexity index is 729. The van der Waals surface area contributed by atoms with E-state index in [9.17, 15) is 9.59 Å². The van der Waals surface area contributed by atoms with Gasteiger partial charge in [-0.05, 0) is 36.6 Å². The highest BCUT2D eigenvalue weighted by molar-refractivity contribution is 5.97. The molecule has 0 aliphatic heterocycles. The van der Waals surface area contributed by atoms with Gasteiger partial charge in [0.1, 0.15) is 6.04 Å². The van der Waals surface area contributed by atoms with E-state index in [4.69, 9.17) is 0 Å². The van der Waals surface area contributed by atoms with Gasteiger partial charge in [0.25, 0.3) is 5.91 Å². The van der Waals surface area contributed by atoms with Gasteiger partial charge in [-0.25, -0.2) is 0 Å². The summed E-state index contributed by atoms with van der Waals surface area (Å²) in [5, 5.41) is 2.88. The Morgan fingerprint density at radius 3 is 2.56 bits per heavy atom. The summed E-state index contributed by atoms with van der Waals surface area (Å²) in [6.45, 7) is 6.24. The van der Waals surface area contributed by atoms with Crippen LogP contribution in [-0.4, -0.2) is 34.8 Å². The molecule has 0 bridgehead atoms. The van der Waals surface area contributed by atoms with E-state index >= 15 is 0 Å². The standard InChI is InChI=1S/C20H25N3O2/c1-14(2)18(22-19(24)17-9-5-7-15(3)11-17)20(25)23(4)13-16-8-6-10-21-12-16/h5-12,14,18H,13H2,1-4H3,(H,22,24). The normalized spacial score (nSPS) is 11.9. The minimum absolute atomic E-state index is 0.0161. The van der Waals surface area contributed by atoms with Crippen LogP contribution >= 0.6 is 0 Å². The number of hydrogen-bond acceptors (Lipinski definition) is 3. The molecule has 0 aliphatic rings. The second-order valence-corrected chi connectivity index (χ2v) is 6.62. The van der Waals surface area contributed by atoms with Crippen LogP contribution in [0.15, 0.2) is 48.8 Å². The summed E-state index contributed by atoms with van der Waals surface area (Å²) in [4.78, 5) is 31.0. The van der Waals surface area contributed by atoms with Crippen molar-refractivity contribution < 1.29 is 9.59 Å². The SMILES string of the molecule is Cc1cccc(C(=O)NC(C(=O)N(C)Cc2cccnc2)C(C)C)c1. The van der Waals surface area contributed by atoms with Crippen molar-refractivity contribution >= 4 is 11.8 Å². The Kier molecular flexibility index (Phi) is 6.28. The first-order chi connectivity index (χ1) is 11.9. The number of nitrogens with zero attached hydrogens (tertiary/aromatic N) is 2. The Balaban J connectivity index is 2.08. The van der Waals surface area contributed by atoms with Crippen molar-refractivity contribution in [2.75, 3.05) is 7.05 Å². The molecule has 0 radical (unpaired) electrons. The Morgan fingerprint density at radius 1 is 1.20 bits per heavy atom. The average Bonchev–Trinajstić information content (AvgIpc) is 2.59. The van der Waals surface area contributed by atoms with Crippen LogP contribution in [0.3, 0.4) is 0 Å². The van der Waals surface area contributed by atoms with E-state index in [-0.39, 0.29) is 17.7 Å². The first kappa shape index (κ1) is 18.6. The summed E-state index contributed by atoms with van der Waals surface area (Å²) in [5.41, 5.74) is 2.52. The molecular weight excluding hydrogens is 314 g/mol. The molecule has 1 aromatic carbocycles. The molecule has 0 fully saturated rings. The van der Waals surface area contributed by atoms with Gasteiger partial charge in [0, 0.05) is 31.5 Å². The molecule has 1 heterocycles. The number of hydrogen-bond donors (Lipinski definition) is 1. The number of benzene rings is 1. The van der Waals surface area contributed by atoms with Gasteiger partial charge < -0.3 is 10.2 Å². The van der Waals surface area contributed by atoms with Gasteiger partial charge in [-0.2, -0.15) is 0 Å². The highest BCUT2D eigenvalue weighted by Gasteiger charge is 2.27. The molecule has 0 saturated carbocycles. The number of amides is 2. The van der Waals surface area contributed by atoms with Crippen molar-refractivity contribution in [1.29, 1.82) is 0 Å². The van der Waals surface area contributed by atoms with E-state index in [2.05, 4.69) is 10.3 Å². The topological polar surface area (TPSA) is 62.3 Å². The first-order valence-electron chi connectivity index (χ1n) is 8.40. The summed E-state index contributed by atoms with van der Waals surface area (Å²) >= 11 is 0. The molecule has 5 nitrogen and oxygen atoms in total. The molecule has 0 aliphatic carbocycles. The third kappa shape index (κ3) is 5.14. The van der Waals surface area contributed by atoms with Gasteiger partial charge in [-0.15, -0.1) is 0 Å². The minimum Gasteiger partial charge on any atom is -0.340 e. The molecule has 132 valence electrons. The third-order valence-corrected chi connectivity index (χ3v) is 4.02. The number of rotatable bonds is 6. The molecule has 2 rings (SSSR count). The van der Waals surface area contributed by atoms with Crippen molar-refractivity contribution in [1.82, 2.24) is 15.2 Å². The van der Waals surface area contributed by atoms with Crippen molar-refractivity contribution in [2.45, 2.75) is 33.4 Å². The fourth-order valence-corrected chi connectivity index (χ4v) is 2.61. The zero-order valence-electron chi connectivity index (χ0n) is 15.2. The lowest BCUT2D eigenvalue weighted by Gasteiger charge is -2.27. The quantitative estimate of drug-likeness (QED) is 0.880. The summed E-state index contributed by atoms with van der Waals surface area (Å²) < 4.78 is 0. The zero-order valence-corrected chi connectivity index (χ0v) is 15.2. The summed E-state index contributed by atoms with van der Waals surface area (Å²) in [6.07, 6.45) is 3.43. The van der Waals surface area contributed by atoms with Crippen LogP contribution in [0.4, 0.5) is 0 Å². The van der Waals surface area contributed by atoms with Crippen LogP contribution in [0.1, 0.15) is 35.3 Å². The summed E-state index contributed by atoms with van der Waals surface area (Å²) in [5.74, 6) is -0.358. The lowest BCUT2D eigenvalue weighted by molar-refractivity contribution is -0.133. The van der Waals surface area contributed by atoms with Gasteiger partial charge >= 0.3 is 0 Å². The van der Waals surface area contributed by atoms with E-state index in [1.165, 1.54) is 0 Å². The molecule has 1 unspecified atom stereocenters. The fourth-order valence-electron chi connectivity index (χ4n) is 2.61. The number of aryl methyl sites for hydroxylation is 1. The largest absolute Gasteiger partial charge is 0.340 e. The zero-order chi connectivity index (χ0) is 18.4. The van der Waals surface area contributed by atoms with Crippen LogP contribution in [0.5, 0.6) is 0 Å². The smallest absolute Gasteiger partial charge is 0.251 e. The Labute approximate surface area is 149 Å². The molecule has 1 atom stereocenters. The van der Waals surface area contributed by atoms with E-state index < -0.39 is 6.04 Å².